The largest absolute Gasteiger partial charge is 0.491 e. The number of nitrogens with zero attached hydrogens (tertiary/aromatic N) is 2. The molecule has 0 aliphatic carbocycles. The number of rotatable bonds is 4. The summed E-state index contributed by atoms with van der Waals surface area (Å²) in [5.41, 5.74) is 2.22. The lowest BCUT2D eigenvalue weighted by atomic mass is 10.2. The van der Waals surface area contributed by atoms with Crippen LogP contribution in [0.5, 0.6) is 5.75 Å². The average Bonchev–Trinajstić information content (AvgIpc) is 2.77. The Morgan fingerprint density at radius 2 is 1.82 bits per heavy atom. The quantitative estimate of drug-likeness (QED) is 0.748. The Kier molecular flexibility index (Phi) is 3.98. The van der Waals surface area contributed by atoms with Crippen LogP contribution in [0.15, 0.2) is 30.6 Å². The van der Waals surface area contributed by atoms with E-state index in [1.165, 1.54) is 10.4 Å². The number of anilines is 2. The van der Waals surface area contributed by atoms with E-state index >= 15 is 0 Å². The van der Waals surface area contributed by atoms with Crippen molar-refractivity contribution < 1.29 is 4.74 Å². The molecule has 0 amide bonds. The number of thiophene rings is 1. The molecule has 3 aromatic rings. The molecule has 114 valence electrons. The monoisotopic (exact) mass is 313 g/mol. The first kappa shape index (κ1) is 14.8. The van der Waals surface area contributed by atoms with Crippen molar-refractivity contribution in [1.82, 2.24) is 9.97 Å². The highest BCUT2D eigenvalue weighted by molar-refractivity contribution is 7.18. The maximum atomic E-state index is 5.66. The van der Waals surface area contributed by atoms with E-state index in [0.29, 0.717) is 0 Å². The molecule has 1 N–H and O–H groups in total. The van der Waals surface area contributed by atoms with Gasteiger partial charge in [0, 0.05) is 10.6 Å². The van der Waals surface area contributed by atoms with Gasteiger partial charge in [-0.2, -0.15) is 0 Å². The lowest BCUT2D eigenvalue weighted by Gasteiger charge is -2.11. The van der Waals surface area contributed by atoms with Gasteiger partial charge in [0.1, 0.15) is 22.7 Å². The van der Waals surface area contributed by atoms with Crippen molar-refractivity contribution in [3.8, 4) is 5.75 Å². The molecule has 2 aromatic heterocycles. The van der Waals surface area contributed by atoms with Crippen molar-refractivity contribution in [2.24, 2.45) is 0 Å². The fourth-order valence-corrected chi connectivity index (χ4v) is 3.30. The van der Waals surface area contributed by atoms with Crippen LogP contribution in [0.3, 0.4) is 0 Å². The second-order valence-electron chi connectivity index (χ2n) is 5.50. The van der Waals surface area contributed by atoms with E-state index in [9.17, 15) is 0 Å². The molecule has 0 unspecified atom stereocenters. The topological polar surface area (TPSA) is 47.0 Å². The number of aromatic nitrogens is 2. The van der Waals surface area contributed by atoms with E-state index < -0.39 is 0 Å². The van der Waals surface area contributed by atoms with E-state index in [2.05, 4.69) is 29.1 Å². The van der Waals surface area contributed by atoms with Crippen LogP contribution in [0.25, 0.3) is 10.2 Å². The molecule has 0 radical (unpaired) electrons. The number of hydrogen-bond acceptors (Lipinski definition) is 5. The zero-order chi connectivity index (χ0) is 15.7. The van der Waals surface area contributed by atoms with Gasteiger partial charge in [0.15, 0.2) is 0 Å². The molecule has 0 aliphatic rings. The van der Waals surface area contributed by atoms with E-state index in [0.717, 1.165) is 27.5 Å². The van der Waals surface area contributed by atoms with Crippen LogP contribution in [-0.4, -0.2) is 16.1 Å². The Labute approximate surface area is 134 Å². The standard InChI is InChI=1S/C17H19N3OS/c1-10(2)21-14-7-5-13(6-8-14)20-16-15-11(3)12(4)22-17(15)19-9-18-16/h5-10H,1-4H3,(H,18,19,20). The average molecular weight is 313 g/mol. The van der Waals surface area contributed by atoms with Gasteiger partial charge in [-0.1, -0.05) is 0 Å². The third kappa shape index (κ3) is 2.90. The SMILES string of the molecule is Cc1sc2ncnc(Nc3ccc(OC(C)C)cc3)c2c1C. The van der Waals surface area contributed by atoms with Crippen molar-refractivity contribution in [3.05, 3.63) is 41.0 Å². The van der Waals surface area contributed by atoms with Gasteiger partial charge >= 0.3 is 0 Å². The van der Waals surface area contributed by atoms with E-state index in [4.69, 9.17) is 4.74 Å². The summed E-state index contributed by atoms with van der Waals surface area (Å²) in [4.78, 5) is 11.1. The van der Waals surface area contributed by atoms with E-state index in [-0.39, 0.29) is 6.10 Å². The Bertz CT molecular complexity index is 794. The fourth-order valence-electron chi connectivity index (χ4n) is 2.30. The maximum absolute atomic E-state index is 5.66. The van der Waals surface area contributed by atoms with Crippen molar-refractivity contribution in [2.75, 3.05) is 5.32 Å². The predicted molar refractivity (Wildman–Crippen MR) is 92.4 cm³/mol. The summed E-state index contributed by atoms with van der Waals surface area (Å²) in [6, 6.07) is 7.93. The number of aryl methyl sites for hydroxylation is 2. The molecule has 0 bridgehead atoms. The molecule has 22 heavy (non-hydrogen) atoms. The summed E-state index contributed by atoms with van der Waals surface area (Å²) >= 11 is 1.70. The highest BCUT2D eigenvalue weighted by Gasteiger charge is 2.12. The van der Waals surface area contributed by atoms with Crippen molar-refractivity contribution in [2.45, 2.75) is 33.8 Å². The van der Waals surface area contributed by atoms with Gasteiger partial charge < -0.3 is 10.1 Å². The summed E-state index contributed by atoms with van der Waals surface area (Å²) < 4.78 is 5.66. The number of benzene rings is 1. The third-order valence-corrected chi connectivity index (χ3v) is 4.57. The van der Waals surface area contributed by atoms with Crippen LogP contribution in [0.4, 0.5) is 11.5 Å². The second-order valence-corrected chi connectivity index (χ2v) is 6.70. The number of ether oxygens (including phenoxy) is 1. The summed E-state index contributed by atoms with van der Waals surface area (Å²) in [6.07, 6.45) is 1.78. The smallest absolute Gasteiger partial charge is 0.142 e. The van der Waals surface area contributed by atoms with Crippen molar-refractivity contribution >= 4 is 33.1 Å². The zero-order valence-electron chi connectivity index (χ0n) is 13.2. The van der Waals surface area contributed by atoms with Crippen LogP contribution in [0, 0.1) is 13.8 Å². The minimum Gasteiger partial charge on any atom is -0.491 e. The molecule has 0 saturated carbocycles. The first-order chi connectivity index (χ1) is 10.5. The maximum Gasteiger partial charge on any atom is 0.142 e. The van der Waals surface area contributed by atoms with E-state index in [1.54, 1.807) is 17.7 Å². The number of fused-ring (bicyclic) bond motifs is 1. The Balaban J connectivity index is 1.90. The summed E-state index contributed by atoms with van der Waals surface area (Å²) in [6.45, 7) is 8.27. The van der Waals surface area contributed by atoms with Gasteiger partial charge in [-0.3, -0.25) is 0 Å². The van der Waals surface area contributed by atoms with E-state index in [1.807, 2.05) is 38.1 Å². The molecule has 0 aliphatic heterocycles. The zero-order valence-corrected chi connectivity index (χ0v) is 14.0. The molecule has 0 saturated heterocycles. The normalized spacial score (nSPS) is 11.1. The first-order valence-corrected chi connectivity index (χ1v) is 8.10. The molecule has 0 spiro atoms. The molecule has 5 heteroatoms. The lowest BCUT2D eigenvalue weighted by molar-refractivity contribution is 0.242. The Morgan fingerprint density at radius 3 is 2.50 bits per heavy atom. The van der Waals surface area contributed by atoms with Crippen molar-refractivity contribution in [3.63, 3.8) is 0 Å². The Morgan fingerprint density at radius 1 is 1.09 bits per heavy atom. The molecule has 3 rings (SSSR count). The minimum absolute atomic E-state index is 0.178. The van der Waals surface area contributed by atoms with Gasteiger partial charge in [-0.25, -0.2) is 9.97 Å². The highest BCUT2D eigenvalue weighted by atomic mass is 32.1. The molecule has 2 heterocycles. The van der Waals surface area contributed by atoms with Gasteiger partial charge in [0.25, 0.3) is 0 Å². The number of hydrogen-bond donors (Lipinski definition) is 1. The molecular weight excluding hydrogens is 294 g/mol. The first-order valence-electron chi connectivity index (χ1n) is 7.29. The predicted octanol–water partition coefficient (Wildman–Crippen LogP) is 4.84. The second kappa shape index (κ2) is 5.93. The molecular formula is C17H19N3OS. The van der Waals surface area contributed by atoms with Gasteiger partial charge in [-0.15, -0.1) is 11.3 Å². The highest BCUT2D eigenvalue weighted by Crippen LogP contribution is 2.33. The summed E-state index contributed by atoms with van der Waals surface area (Å²) in [5, 5.41) is 4.49. The van der Waals surface area contributed by atoms with Gasteiger partial charge in [0.05, 0.1) is 11.5 Å². The summed E-state index contributed by atoms with van der Waals surface area (Å²) in [7, 11) is 0. The minimum atomic E-state index is 0.178. The number of nitrogens with one attached hydrogen (secondary N) is 1. The molecule has 1 aromatic carbocycles. The summed E-state index contributed by atoms with van der Waals surface area (Å²) in [5.74, 6) is 1.72. The van der Waals surface area contributed by atoms with Crippen LogP contribution in [0.1, 0.15) is 24.3 Å². The Hall–Kier alpha value is -2.14. The van der Waals surface area contributed by atoms with Gasteiger partial charge in [0.2, 0.25) is 0 Å². The molecule has 0 fully saturated rings. The van der Waals surface area contributed by atoms with Crippen LogP contribution in [0.2, 0.25) is 0 Å². The lowest BCUT2D eigenvalue weighted by Crippen LogP contribution is -2.05. The van der Waals surface area contributed by atoms with Gasteiger partial charge in [-0.05, 0) is 57.5 Å². The fraction of sp³-hybridized carbons (Fsp3) is 0.294. The van der Waals surface area contributed by atoms with Crippen molar-refractivity contribution in [1.29, 1.82) is 0 Å². The van der Waals surface area contributed by atoms with Crippen LogP contribution >= 0.6 is 11.3 Å². The van der Waals surface area contributed by atoms with Crippen LogP contribution in [-0.2, 0) is 0 Å². The third-order valence-electron chi connectivity index (χ3n) is 3.45. The molecule has 0 atom stereocenters. The molecule has 4 nitrogen and oxygen atoms in total. The van der Waals surface area contributed by atoms with Crippen LogP contribution < -0.4 is 10.1 Å².